The Labute approximate surface area is 224 Å². The number of aromatic nitrogens is 3. The summed E-state index contributed by atoms with van der Waals surface area (Å²) in [5.41, 5.74) is 8.31. The predicted octanol–water partition coefficient (Wildman–Crippen LogP) is 5.61. The van der Waals surface area contributed by atoms with Gasteiger partial charge in [0.15, 0.2) is 0 Å². The molecule has 3 aromatic carbocycles. The summed E-state index contributed by atoms with van der Waals surface area (Å²) in [6.07, 6.45) is 0.110. The minimum Gasteiger partial charge on any atom is -0.488 e. The van der Waals surface area contributed by atoms with Crippen molar-refractivity contribution in [2.45, 2.75) is 59.2 Å². The van der Waals surface area contributed by atoms with Crippen molar-refractivity contribution in [1.29, 1.82) is 0 Å². The van der Waals surface area contributed by atoms with Crippen molar-refractivity contribution in [3.8, 4) is 5.75 Å². The van der Waals surface area contributed by atoms with Gasteiger partial charge in [0.05, 0.1) is 11.9 Å². The Morgan fingerprint density at radius 1 is 1.13 bits per heavy atom. The van der Waals surface area contributed by atoms with E-state index in [4.69, 9.17) is 4.74 Å². The Hall–Kier alpha value is -3.71. The molecule has 0 aliphatic carbocycles. The molecule has 7 nitrogen and oxygen atoms in total. The number of hydrogen-bond acceptors (Lipinski definition) is 5. The molecule has 0 amide bonds. The van der Waals surface area contributed by atoms with Crippen LogP contribution in [0.1, 0.15) is 59.6 Å². The molecule has 0 saturated carbocycles. The zero-order valence-electron chi connectivity index (χ0n) is 22.8. The molecule has 0 spiro atoms. The minimum atomic E-state index is -0.822. The molecular formula is C31H36N4O3. The van der Waals surface area contributed by atoms with Gasteiger partial charge in [-0.1, -0.05) is 61.5 Å². The molecule has 0 saturated heterocycles. The molecule has 2 atom stereocenters. The first-order valence-electron chi connectivity index (χ1n) is 13.3. The van der Waals surface area contributed by atoms with E-state index < -0.39 is 5.97 Å². The lowest BCUT2D eigenvalue weighted by atomic mass is 9.84. The van der Waals surface area contributed by atoms with Gasteiger partial charge < -0.3 is 9.84 Å². The van der Waals surface area contributed by atoms with E-state index in [1.165, 1.54) is 16.7 Å². The van der Waals surface area contributed by atoms with Crippen LogP contribution in [0.3, 0.4) is 0 Å². The molecule has 4 aromatic rings. The zero-order chi connectivity index (χ0) is 27.0. The summed E-state index contributed by atoms with van der Waals surface area (Å²) in [6.45, 7) is 11.0. The fourth-order valence-electron chi connectivity index (χ4n) is 5.50. The standard InChI is InChI=1S/C31H36N4O3/c1-19(2)29-18-35(16-23-8-6-7-9-28(23)38-29)17-24-14-22(11-10-20(24)3)26(15-30(36)37)25-12-13-27-31(21(25)4)32-33-34(27)5/h6-14,19,26,29H,15-18H2,1-5H3,(H,36,37). The van der Waals surface area contributed by atoms with Crippen molar-refractivity contribution in [2.24, 2.45) is 13.0 Å². The summed E-state index contributed by atoms with van der Waals surface area (Å²) in [4.78, 5) is 14.5. The van der Waals surface area contributed by atoms with Gasteiger partial charge in [0.1, 0.15) is 17.4 Å². The van der Waals surface area contributed by atoms with E-state index in [1.54, 1.807) is 4.68 Å². The van der Waals surface area contributed by atoms with E-state index in [0.717, 1.165) is 53.1 Å². The quantitative estimate of drug-likeness (QED) is 0.347. The molecule has 198 valence electrons. The van der Waals surface area contributed by atoms with Crippen molar-refractivity contribution >= 4 is 17.0 Å². The highest BCUT2D eigenvalue weighted by molar-refractivity contribution is 5.80. The third-order valence-electron chi connectivity index (χ3n) is 7.83. The maximum absolute atomic E-state index is 12.0. The van der Waals surface area contributed by atoms with Gasteiger partial charge >= 0.3 is 5.97 Å². The number of rotatable bonds is 7. The van der Waals surface area contributed by atoms with Crippen LogP contribution in [0.5, 0.6) is 5.75 Å². The molecule has 7 heteroatoms. The Balaban J connectivity index is 1.50. The number of hydrogen-bond donors (Lipinski definition) is 1. The fraction of sp³-hybridized carbons (Fsp3) is 0.387. The maximum atomic E-state index is 12.0. The van der Waals surface area contributed by atoms with E-state index in [1.807, 2.05) is 32.2 Å². The van der Waals surface area contributed by atoms with Crippen LogP contribution in [0, 0.1) is 19.8 Å². The van der Waals surface area contributed by atoms with Crippen LogP contribution < -0.4 is 4.74 Å². The number of carboxylic acid groups (broad SMARTS) is 1. The number of ether oxygens (including phenoxy) is 1. The summed E-state index contributed by atoms with van der Waals surface area (Å²) in [5, 5.41) is 18.3. The highest BCUT2D eigenvalue weighted by atomic mass is 16.5. The average molecular weight is 513 g/mol. The largest absolute Gasteiger partial charge is 0.488 e. The molecule has 1 N–H and O–H groups in total. The summed E-state index contributed by atoms with van der Waals surface area (Å²) >= 11 is 0. The number of aliphatic carboxylic acids is 1. The first-order valence-corrected chi connectivity index (χ1v) is 13.3. The molecular weight excluding hydrogens is 476 g/mol. The number of fused-ring (bicyclic) bond motifs is 2. The number of nitrogens with zero attached hydrogens (tertiary/aromatic N) is 4. The van der Waals surface area contributed by atoms with Gasteiger partial charge in [0.2, 0.25) is 0 Å². The maximum Gasteiger partial charge on any atom is 0.304 e. The Morgan fingerprint density at radius 3 is 2.68 bits per heavy atom. The predicted molar refractivity (Wildman–Crippen MR) is 148 cm³/mol. The number of benzene rings is 3. The van der Waals surface area contributed by atoms with E-state index in [2.05, 4.69) is 72.4 Å². The molecule has 0 radical (unpaired) electrons. The van der Waals surface area contributed by atoms with Gasteiger partial charge in [0.25, 0.3) is 0 Å². The van der Waals surface area contributed by atoms with Crippen LogP contribution in [0.15, 0.2) is 54.6 Å². The van der Waals surface area contributed by atoms with Crippen molar-refractivity contribution < 1.29 is 14.6 Å². The van der Waals surface area contributed by atoms with Crippen LogP contribution in [0.2, 0.25) is 0 Å². The van der Waals surface area contributed by atoms with Gasteiger partial charge in [-0.3, -0.25) is 9.69 Å². The van der Waals surface area contributed by atoms with E-state index >= 15 is 0 Å². The van der Waals surface area contributed by atoms with Gasteiger partial charge in [-0.15, -0.1) is 5.10 Å². The third-order valence-corrected chi connectivity index (χ3v) is 7.83. The zero-order valence-corrected chi connectivity index (χ0v) is 22.8. The van der Waals surface area contributed by atoms with Crippen molar-refractivity contribution in [3.05, 3.63) is 88.0 Å². The first-order chi connectivity index (χ1) is 18.2. The van der Waals surface area contributed by atoms with E-state index in [9.17, 15) is 9.90 Å². The lowest BCUT2D eigenvalue weighted by Crippen LogP contribution is -2.36. The van der Waals surface area contributed by atoms with Crippen LogP contribution in [-0.4, -0.2) is 43.6 Å². The van der Waals surface area contributed by atoms with Gasteiger partial charge in [-0.2, -0.15) is 0 Å². The monoisotopic (exact) mass is 512 g/mol. The number of carbonyl (C=O) groups is 1. The lowest BCUT2D eigenvalue weighted by molar-refractivity contribution is -0.137. The third kappa shape index (κ3) is 5.16. The lowest BCUT2D eigenvalue weighted by Gasteiger charge is -2.27. The molecule has 2 heterocycles. The average Bonchev–Trinajstić information content (AvgIpc) is 3.15. The second kappa shape index (κ2) is 10.6. The van der Waals surface area contributed by atoms with E-state index in [0.29, 0.717) is 5.92 Å². The minimum absolute atomic E-state index is 0.00939. The normalized spacial score (nSPS) is 16.7. The first kappa shape index (κ1) is 25.9. The highest BCUT2D eigenvalue weighted by Gasteiger charge is 2.27. The number of aryl methyl sites for hydroxylation is 3. The summed E-state index contributed by atoms with van der Waals surface area (Å²) in [7, 11) is 1.87. The Kier molecular flexibility index (Phi) is 7.21. The fourth-order valence-corrected chi connectivity index (χ4v) is 5.50. The number of para-hydroxylation sites is 1. The van der Waals surface area contributed by atoms with Gasteiger partial charge in [-0.05, 0) is 59.7 Å². The van der Waals surface area contributed by atoms with E-state index in [-0.39, 0.29) is 18.4 Å². The Morgan fingerprint density at radius 2 is 1.92 bits per heavy atom. The molecule has 38 heavy (non-hydrogen) atoms. The Bertz CT molecular complexity index is 1480. The molecule has 2 unspecified atom stereocenters. The highest BCUT2D eigenvalue weighted by Crippen LogP contribution is 2.35. The van der Waals surface area contributed by atoms with Crippen LogP contribution in [-0.2, 0) is 24.9 Å². The molecule has 5 rings (SSSR count). The smallest absolute Gasteiger partial charge is 0.304 e. The van der Waals surface area contributed by atoms with Gasteiger partial charge in [0, 0.05) is 38.2 Å². The van der Waals surface area contributed by atoms with Crippen LogP contribution in [0.4, 0.5) is 0 Å². The summed E-state index contributed by atoms with van der Waals surface area (Å²) in [6, 6.07) is 18.7. The topological polar surface area (TPSA) is 80.5 Å². The second-order valence-electron chi connectivity index (χ2n) is 10.9. The van der Waals surface area contributed by atoms with Crippen molar-refractivity contribution in [2.75, 3.05) is 6.54 Å². The summed E-state index contributed by atoms with van der Waals surface area (Å²) in [5.74, 6) is 0.247. The van der Waals surface area contributed by atoms with Crippen molar-refractivity contribution in [1.82, 2.24) is 19.9 Å². The number of carboxylic acids is 1. The molecule has 0 bridgehead atoms. The van der Waals surface area contributed by atoms with Gasteiger partial charge in [-0.25, -0.2) is 4.68 Å². The molecule has 0 fully saturated rings. The summed E-state index contributed by atoms with van der Waals surface area (Å²) < 4.78 is 8.16. The molecule has 1 aromatic heterocycles. The van der Waals surface area contributed by atoms with Crippen LogP contribution >= 0.6 is 0 Å². The second-order valence-corrected chi connectivity index (χ2v) is 10.9. The van der Waals surface area contributed by atoms with Crippen molar-refractivity contribution in [3.63, 3.8) is 0 Å². The molecule has 1 aliphatic heterocycles. The van der Waals surface area contributed by atoms with Crippen LogP contribution in [0.25, 0.3) is 11.0 Å². The SMILES string of the molecule is Cc1ccc(C(CC(=O)O)c2ccc3c(nnn3C)c2C)cc1CN1Cc2ccccc2OC(C(C)C)C1. The molecule has 1 aliphatic rings.